The van der Waals surface area contributed by atoms with Gasteiger partial charge in [-0.3, -0.25) is 4.79 Å². The first kappa shape index (κ1) is 14.0. The standard InChI is InChI=1S/C14H19FN2O2/c1-19-8-5-14(18)17-7-6-16-10-13(17)11-3-2-4-12(15)9-11/h2-4,9,13,16H,5-8,10H2,1H3. The molecule has 1 aliphatic heterocycles. The van der Waals surface area contributed by atoms with Crippen LogP contribution in [0.2, 0.25) is 0 Å². The first-order valence-corrected chi connectivity index (χ1v) is 6.47. The lowest BCUT2D eigenvalue weighted by Crippen LogP contribution is -2.48. The van der Waals surface area contributed by atoms with Crippen LogP contribution in [0.4, 0.5) is 4.39 Å². The molecule has 104 valence electrons. The Kier molecular flexibility index (Phi) is 4.87. The Bertz CT molecular complexity index is 439. The number of piperazine rings is 1. The molecule has 0 bridgehead atoms. The van der Waals surface area contributed by atoms with Crippen LogP contribution in [-0.4, -0.2) is 44.2 Å². The first-order valence-electron chi connectivity index (χ1n) is 6.47. The summed E-state index contributed by atoms with van der Waals surface area (Å²) in [6, 6.07) is 6.34. The van der Waals surface area contributed by atoms with Gasteiger partial charge in [0.15, 0.2) is 0 Å². The molecule has 1 aromatic carbocycles. The van der Waals surface area contributed by atoms with Crippen LogP contribution in [0.1, 0.15) is 18.0 Å². The Balaban J connectivity index is 2.13. The van der Waals surface area contributed by atoms with Crippen molar-refractivity contribution in [2.24, 2.45) is 0 Å². The lowest BCUT2D eigenvalue weighted by molar-refractivity contribution is -0.135. The van der Waals surface area contributed by atoms with Crippen molar-refractivity contribution in [1.82, 2.24) is 10.2 Å². The third-order valence-corrected chi connectivity index (χ3v) is 3.32. The van der Waals surface area contributed by atoms with Crippen molar-refractivity contribution in [2.45, 2.75) is 12.5 Å². The van der Waals surface area contributed by atoms with Crippen molar-refractivity contribution in [3.8, 4) is 0 Å². The Labute approximate surface area is 112 Å². The van der Waals surface area contributed by atoms with E-state index in [1.165, 1.54) is 12.1 Å². The van der Waals surface area contributed by atoms with E-state index in [2.05, 4.69) is 5.32 Å². The van der Waals surface area contributed by atoms with Gasteiger partial charge in [-0.05, 0) is 17.7 Å². The van der Waals surface area contributed by atoms with Gasteiger partial charge in [-0.2, -0.15) is 0 Å². The lowest BCUT2D eigenvalue weighted by atomic mass is 10.0. The molecule has 0 aromatic heterocycles. The molecule has 19 heavy (non-hydrogen) atoms. The maximum atomic E-state index is 13.3. The van der Waals surface area contributed by atoms with E-state index in [1.807, 2.05) is 11.0 Å². The number of hydrogen-bond acceptors (Lipinski definition) is 3. The highest BCUT2D eigenvalue weighted by molar-refractivity contribution is 5.77. The largest absolute Gasteiger partial charge is 0.384 e. The molecule has 2 rings (SSSR count). The fraction of sp³-hybridized carbons (Fsp3) is 0.500. The van der Waals surface area contributed by atoms with Crippen LogP contribution >= 0.6 is 0 Å². The van der Waals surface area contributed by atoms with Crippen molar-refractivity contribution in [1.29, 1.82) is 0 Å². The normalized spacial score (nSPS) is 19.5. The molecule has 1 amide bonds. The molecule has 0 saturated carbocycles. The maximum absolute atomic E-state index is 13.3. The monoisotopic (exact) mass is 266 g/mol. The number of benzene rings is 1. The second kappa shape index (κ2) is 6.63. The minimum absolute atomic E-state index is 0.0533. The van der Waals surface area contributed by atoms with Crippen molar-refractivity contribution in [3.63, 3.8) is 0 Å². The molecule has 1 aromatic rings. The van der Waals surface area contributed by atoms with Gasteiger partial charge in [-0.25, -0.2) is 4.39 Å². The van der Waals surface area contributed by atoms with Gasteiger partial charge < -0.3 is 15.0 Å². The van der Waals surface area contributed by atoms with Crippen molar-refractivity contribution in [2.75, 3.05) is 33.4 Å². The second-order valence-electron chi connectivity index (χ2n) is 4.60. The summed E-state index contributed by atoms with van der Waals surface area (Å²) in [6.45, 7) is 2.48. The summed E-state index contributed by atoms with van der Waals surface area (Å²) in [5.74, 6) is -0.218. The highest BCUT2D eigenvalue weighted by Gasteiger charge is 2.27. The Morgan fingerprint density at radius 1 is 1.58 bits per heavy atom. The maximum Gasteiger partial charge on any atom is 0.225 e. The van der Waals surface area contributed by atoms with E-state index in [-0.39, 0.29) is 17.8 Å². The molecule has 0 radical (unpaired) electrons. The predicted molar refractivity (Wildman–Crippen MR) is 70.2 cm³/mol. The average Bonchev–Trinajstić information content (AvgIpc) is 2.45. The number of carbonyl (C=O) groups is 1. The summed E-state index contributed by atoms with van der Waals surface area (Å²) >= 11 is 0. The smallest absolute Gasteiger partial charge is 0.225 e. The number of methoxy groups -OCH3 is 1. The molecular weight excluding hydrogens is 247 g/mol. The number of carbonyl (C=O) groups excluding carboxylic acids is 1. The Morgan fingerprint density at radius 2 is 2.42 bits per heavy atom. The van der Waals surface area contributed by atoms with Gasteiger partial charge in [0.1, 0.15) is 5.82 Å². The van der Waals surface area contributed by atoms with Gasteiger partial charge in [0.25, 0.3) is 0 Å². The van der Waals surface area contributed by atoms with E-state index in [1.54, 1.807) is 13.2 Å². The number of amides is 1. The summed E-state index contributed by atoms with van der Waals surface area (Å²) < 4.78 is 18.2. The molecular formula is C14H19FN2O2. The molecule has 5 heteroatoms. The number of halogens is 1. The summed E-state index contributed by atoms with van der Waals surface area (Å²) in [4.78, 5) is 14.0. The van der Waals surface area contributed by atoms with Gasteiger partial charge in [-0.1, -0.05) is 12.1 Å². The zero-order valence-corrected chi connectivity index (χ0v) is 11.1. The number of ether oxygens (including phenoxy) is 1. The highest BCUT2D eigenvalue weighted by atomic mass is 19.1. The van der Waals surface area contributed by atoms with Gasteiger partial charge in [0.05, 0.1) is 19.1 Å². The van der Waals surface area contributed by atoms with Crippen LogP contribution < -0.4 is 5.32 Å². The minimum atomic E-state index is -0.271. The first-order chi connectivity index (χ1) is 9.22. The summed E-state index contributed by atoms with van der Waals surface area (Å²) in [5.41, 5.74) is 0.831. The Morgan fingerprint density at radius 3 is 3.16 bits per heavy atom. The molecule has 1 aliphatic rings. The zero-order valence-electron chi connectivity index (χ0n) is 11.1. The molecule has 1 N–H and O–H groups in total. The molecule has 1 fully saturated rings. The molecule has 1 unspecified atom stereocenters. The number of nitrogens with one attached hydrogen (secondary N) is 1. The van der Waals surface area contributed by atoms with Crippen LogP contribution in [0.25, 0.3) is 0 Å². The van der Waals surface area contributed by atoms with E-state index in [9.17, 15) is 9.18 Å². The second-order valence-corrected chi connectivity index (χ2v) is 4.60. The van der Waals surface area contributed by atoms with Crippen LogP contribution in [0.15, 0.2) is 24.3 Å². The third-order valence-electron chi connectivity index (χ3n) is 3.32. The van der Waals surface area contributed by atoms with Crippen molar-refractivity contribution >= 4 is 5.91 Å². The SMILES string of the molecule is COCCC(=O)N1CCNCC1c1cccc(F)c1. The summed E-state index contributed by atoms with van der Waals surface area (Å²) in [5, 5.41) is 3.25. The van der Waals surface area contributed by atoms with E-state index in [4.69, 9.17) is 4.74 Å². The average molecular weight is 266 g/mol. The van der Waals surface area contributed by atoms with Crippen molar-refractivity contribution in [3.05, 3.63) is 35.6 Å². The van der Waals surface area contributed by atoms with Crippen molar-refractivity contribution < 1.29 is 13.9 Å². The molecule has 1 saturated heterocycles. The van der Waals surface area contributed by atoms with Crippen LogP contribution in [-0.2, 0) is 9.53 Å². The van der Waals surface area contributed by atoms with E-state index < -0.39 is 0 Å². The number of rotatable bonds is 4. The van der Waals surface area contributed by atoms with Gasteiger partial charge in [-0.15, -0.1) is 0 Å². The quantitative estimate of drug-likeness (QED) is 0.894. The fourth-order valence-corrected chi connectivity index (χ4v) is 2.35. The predicted octanol–water partition coefficient (Wildman–Crippen LogP) is 1.34. The van der Waals surface area contributed by atoms with E-state index in [0.717, 1.165) is 12.1 Å². The third kappa shape index (κ3) is 3.52. The number of hydrogen-bond donors (Lipinski definition) is 1. The van der Waals surface area contributed by atoms with E-state index in [0.29, 0.717) is 26.1 Å². The summed E-state index contributed by atoms with van der Waals surface area (Å²) in [7, 11) is 1.58. The topological polar surface area (TPSA) is 41.6 Å². The van der Waals surface area contributed by atoms with E-state index >= 15 is 0 Å². The molecule has 0 spiro atoms. The van der Waals surface area contributed by atoms with Crippen LogP contribution in [0.3, 0.4) is 0 Å². The molecule has 0 aliphatic carbocycles. The van der Waals surface area contributed by atoms with Gasteiger partial charge in [0, 0.05) is 26.7 Å². The van der Waals surface area contributed by atoms with Crippen LogP contribution in [0, 0.1) is 5.82 Å². The molecule has 1 heterocycles. The molecule has 1 atom stereocenters. The summed E-state index contributed by atoms with van der Waals surface area (Å²) in [6.07, 6.45) is 0.363. The molecule has 4 nitrogen and oxygen atoms in total. The Hall–Kier alpha value is -1.46. The highest BCUT2D eigenvalue weighted by Crippen LogP contribution is 2.23. The van der Waals surface area contributed by atoms with Gasteiger partial charge in [0.2, 0.25) is 5.91 Å². The zero-order chi connectivity index (χ0) is 13.7. The minimum Gasteiger partial charge on any atom is -0.384 e. The number of nitrogens with zero attached hydrogens (tertiary/aromatic N) is 1. The fourth-order valence-electron chi connectivity index (χ4n) is 2.35. The van der Waals surface area contributed by atoms with Gasteiger partial charge >= 0.3 is 0 Å². The van der Waals surface area contributed by atoms with Crippen LogP contribution in [0.5, 0.6) is 0 Å². The lowest BCUT2D eigenvalue weighted by Gasteiger charge is -2.36.